The van der Waals surface area contributed by atoms with Crippen LogP contribution < -0.4 is 4.74 Å². The van der Waals surface area contributed by atoms with E-state index in [-0.39, 0.29) is 30.3 Å². The van der Waals surface area contributed by atoms with E-state index in [0.29, 0.717) is 42.3 Å². The van der Waals surface area contributed by atoms with Crippen LogP contribution in [-0.4, -0.2) is 49.7 Å². The van der Waals surface area contributed by atoms with Crippen molar-refractivity contribution < 1.29 is 24.2 Å². The Morgan fingerprint density at radius 1 is 1.30 bits per heavy atom. The largest absolute Gasteiger partial charge is 0.489 e. The third-order valence-electron chi connectivity index (χ3n) is 5.09. The first-order valence-electron chi connectivity index (χ1n) is 10.2. The average Bonchev–Trinajstić information content (AvgIpc) is 3.07. The van der Waals surface area contributed by atoms with E-state index in [9.17, 15) is 14.7 Å². The Morgan fingerprint density at radius 3 is 2.77 bits per heavy atom. The minimum absolute atomic E-state index is 0.0597. The SMILES string of the molecule is CC(C)COC(=O)Cc1c(-c2ccc(O[C@H]3CCC[C@H](C(=O)O)C3)cn2)nnn1C. The van der Waals surface area contributed by atoms with Gasteiger partial charge in [0, 0.05) is 7.05 Å². The molecule has 3 rings (SSSR count). The number of aryl methyl sites for hydroxylation is 1. The van der Waals surface area contributed by atoms with Gasteiger partial charge in [0.2, 0.25) is 0 Å². The predicted octanol–water partition coefficient (Wildman–Crippen LogP) is 2.64. The van der Waals surface area contributed by atoms with Crippen molar-refractivity contribution in [3.05, 3.63) is 24.0 Å². The average molecular weight is 416 g/mol. The molecule has 2 aromatic rings. The number of aliphatic carboxylic acids is 1. The standard InChI is InChI=1S/C21H28N4O5/c1-13(2)12-29-19(26)10-18-20(23-24-25(18)3)17-8-7-16(11-22-17)30-15-6-4-5-14(9-15)21(27)28/h7-8,11,13-15H,4-6,9-10,12H2,1-3H3,(H,27,28)/t14-,15-/m0/s1. The normalized spacial score (nSPS) is 18.9. The first-order valence-corrected chi connectivity index (χ1v) is 10.2. The fraction of sp³-hybridized carbons (Fsp3) is 0.571. The molecule has 0 saturated heterocycles. The molecule has 1 N–H and O–H groups in total. The molecule has 30 heavy (non-hydrogen) atoms. The number of carboxylic acids is 1. The molecule has 2 aromatic heterocycles. The first kappa shape index (κ1) is 21.7. The molecule has 9 nitrogen and oxygen atoms in total. The third kappa shape index (κ3) is 5.55. The summed E-state index contributed by atoms with van der Waals surface area (Å²) in [6.45, 7) is 4.33. The smallest absolute Gasteiger partial charge is 0.311 e. The van der Waals surface area contributed by atoms with Gasteiger partial charge in [0.25, 0.3) is 0 Å². The van der Waals surface area contributed by atoms with E-state index in [1.165, 1.54) is 0 Å². The summed E-state index contributed by atoms with van der Waals surface area (Å²) in [6, 6.07) is 3.54. The van der Waals surface area contributed by atoms with E-state index in [1.807, 2.05) is 13.8 Å². The molecule has 0 aromatic carbocycles. The summed E-state index contributed by atoms with van der Waals surface area (Å²) in [5, 5.41) is 17.4. The molecule has 9 heteroatoms. The topological polar surface area (TPSA) is 116 Å². The highest BCUT2D eigenvalue weighted by Gasteiger charge is 2.28. The summed E-state index contributed by atoms with van der Waals surface area (Å²) in [4.78, 5) is 27.8. The Hall–Kier alpha value is -2.97. The quantitative estimate of drug-likeness (QED) is 0.653. The molecule has 0 radical (unpaired) electrons. The van der Waals surface area contributed by atoms with Gasteiger partial charge in [-0.15, -0.1) is 5.10 Å². The molecule has 2 atom stereocenters. The lowest BCUT2D eigenvalue weighted by Gasteiger charge is -2.27. The number of nitrogens with zero attached hydrogens (tertiary/aromatic N) is 4. The molecule has 1 aliphatic rings. The van der Waals surface area contributed by atoms with Crippen molar-refractivity contribution >= 4 is 11.9 Å². The number of carbonyl (C=O) groups is 2. The van der Waals surface area contributed by atoms with Crippen LogP contribution in [0.25, 0.3) is 11.4 Å². The van der Waals surface area contributed by atoms with Crippen LogP contribution >= 0.6 is 0 Å². The van der Waals surface area contributed by atoms with Crippen LogP contribution in [0.5, 0.6) is 5.75 Å². The fourth-order valence-corrected chi connectivity index (χ4v) is 3.48. The molecule has 162 valence electrons. The molecule has 1 saturated carbocycles. The second-order valence-electron chi connectivity index (χ2n) is 8.08. The molecule has 0 spiro atoms. The second kappa shape index (κ2) is 9.69. The molecular weight excluding hydrogens is 388 g/mol. The molecular formula is C21H28N4O5. The zero-order chi connectivity index (χ0) is 21.7. The second-order valence-corrected chi connectivity index (χ2v) is 8.08. The van der Waals surface area contributed by atoms with E-state index in [4.69, 9.17) is 9.47 Å². The van der Waals surface area contributed by atoms with Crippen LogP contribution in [0.1, 0.15) is 45.2 Å². The van der Waals surface area contributed by atoms with Gasteiger partial charge in [-0.05, 0) is 43.7 Å². The van der Waals surface area contributed by atoms with Gasteiger partial charge in [0.05, 0.1) is 42.6 Å². The van der Waals surface area contributed by atoms with Crippen molar-refractivity contribution in [1.29, 1.82) is 0 Å². The molecule has 0 bridgehead atoms. The Morgan fingerprint density at radius 2 is 2.10 bits per heavy atom. The summed E-state index contributed by atoms with van der Waals surface area (Å²) >= 11 is 0. The van der Waals surface area contributed by atoms with Crippen LogP contribution in [0.4, 0.5) is 0 Å². The number of hydrogen-bond donors (Lipinski definition) is 1. The number of pyridine rings is 1. The van der Waals surface area contributed by atoms with E-state index in [0.717, 1.165) is 12.8 Å². The highest BCUT2D eigenvalue weighted by atomic mass is 16.5. The third-order valence-corrected chi connectivity index (χ3v) is 5.09. The molecule has 0 aliphatic heterocycles. The highest BCUT2D eigenvalue weighted by molar-refractivity contribution is 5.75. The predicted molar refractivity (Wildman–Crippen MR) is 108 cm³/mol. The Kier molecular flexibility index (Phi) is 7.02. The van der Waals surface area contributed by atoms with Gasteiger partial charge in [0.15, 0.2) is 0 Å². The van der Waals surface area contributed by atoms with Crippen LogP contribution in [0.15, 0.2) is 18.3 Å². The minimum Gasteiger partial charge on any atom is -0.489 e. The van der Waals surface area contributed by atoms with Gasteiger partial charge < -0.3 is 14.6 Å². The van der Waals surface area contributed by atoms with Crippen LogP contribution in [0, 0.1) is 11.8 Å². The maximum Gasteiger partial charge on any atom is 0.311 e. The number of esters is 1. The Labute approximate surface area is 175 Å². The van der Waals surface area contributed by atoms with Gasteiger partial charge in [-0.2, -0.15) is 0 Å². The zero-order valence-corrected chi connectivity index (χ0v) is 17.6. The molecule has 1 aliphatic carbocycles. The van der Waals surface area contributed by atoms with Gasteiger partial charge >= 0.3 is 11.9 Å². The van der Waals surface area contributed by atoms with E-state index in [2.05, 4.69) is 15.3 Å². The molecule has 0 unspecified atom stereocenters. The summed E-state index contributed by atoms with van der Waals surface area (Å²) in [5.41, 5.74) is 1.73. The van der Waals surface area contributed by atoms with E-state index < -0.39 is 5.97 Å². The van der Waals surface area contributed by atoms with Crippen molar-refractivity contribution in [1.82, 2.24) is 20.0 Å². The van der Waals surface area contributed by atoms with E-state index >= 15 is 0 Å². The zero-order valence-electron chi connectivity index (χ0n) is 17.6. The molecule has 1 fully saturated rings. The number of carbonyl (C=O) groups excluding carboxylic acids is 1. The number of carboxylic acid groups (broad SMARTS) is 1. The Balaban J connectivity index is 1.66. The van der Waals surface area contributed by atoms with Crippen molar-refractivity contribution in [3.63, 3.8) is 0 Å². The van der Waals surface area contributed by atoms with Crippen molar-refractivity contribution in [2.45, 2.75) is 52.1 Å². The molecule has 0 amide bonds. The lowest BCUT2D eigenvalue weighted by molar-refractivity contribution is -0.144. The van der Waals surface area contributed by atoms with Gasteiger partial charge in [-0.25, -0.2) is 0 Å². The highest BCUT2D eigenvalue weighted by Crippen LogP contribution is 2.29. The van der Waals surface area contributed by atoms with E-state index in [1.54, 1.807) is 30.1 Å². The van der Waals surface area contributed by atoms with Crippen LogP contribution in [-0.2, 0) is 27.8 Å². The number of ether oxygens (including phenoxy) is 2. The van der Waals surface area contributed by atoms with Crippen molar-refractivity contribution in [3.8, 4) is 17.1 Å². The maximum atomic E-state index is 12.1. The maximum absolute atomic E-state index is 12.1. The number of aromatic nitrogens is 4. The van der Waals surface area contributed by atoms with Gasteiger partial charge in [-0.3, -0.25) is 19.3 Å². The lowest BCUT2D eigenvalue weighted by atomic mass is 9.87. The summed E-state index contributed by atoms with van der Waals surface area (Å²) in [5.74, 6) is -0.605. The first-order chi connectivity index (χ1) is 14.3. The summed E-state index contributed by atoms with van der Waals surface area (Å²) in [6.07, 6.45) is 4.39. The minimum atomic E-state index is -0.765. The van der Waals surface area contributed by atoms with Crippen LogP contribution in [0.2, 0.25) is 0 Å². The number of hydrogen-bond acceptors (Lipinski definition) is 7. The summed E-state index contributed by atoms with van der Waals surface area (Å²) < 4.78 is 12.7. The fourth-order valence-electron chi connectivity index (χ4n) is 3.48. The van der Waals surface area contributed by atoms with Crippen molar-refractivity contribution in [2.75, 3.05) is 6.61 Å². The van der Waals surface area contributed by atoms with Gasteiger partial charge in [0.1, 0.15) is 11.4 Å². The van der Waals surface area contributed by atoms with Crippen molar-refractivity contribution in [2.24, 2.45) is 18.9 Å². The lowest BCUT2D eigenvalue weighted by Crippen LogP contribution is -2.29. The van der Waals surface area contributed by atoms with Gasteiger partial charge in [-0.1, -0.05) is 19.1 Å². The summed E-state index contributed by atoms with van der Waals surface area (Å²) in [7, 11) is 1.72. The molecule has 2 heterocycles. The number of rotatable bonds is 8. The monoisotopic (exact) mass is 416 g/mol. The Bertz CT molecular complexity index is 878. The van der Waals surface area contributed by atoms with Crippen LogP contribution in [0.3, 0.4) is 0 Å².